The van der Waals surface area contributed by atoms with Crippen LogP contribution in [0.5, 0.6) is 17.4 Å². The van der Waals surface area contributed by atoms with Crippen LogP contribution in [0.2, 0.25) is 0 Å². The van der Waals surface area contributed by atoms with Crippen LogP contribution in [0, 0.1) is 0 Å². The zero-order valence-corrected chi connectivity index (χ0v) is 15.3. The summed E-state index contributed by atoms with van der Waals surface area (Å²) in [5, 5.41) is 0. The van der Waals surface area contributed by atoms with Crippen LogP contribution in [0.1, 0.15) is 22.3 Å². The number of rotatable bonds is 5. The molecule has 0 aliphatic carbocycles. The average molecular weight is 396 g/mol. The number of carbonyl (C=O) groups excluding carboxylic acids is 1. The first-order valence-electron chi connectivity index (χ1n) is 8.53. The number of nitrogens with zero attached hydrogens (tertiary/aromatic N) is 2. The standard InChI is InChI=1S/C19H19F3N2O4/c1-26-15-5-3-4-14(17(15)27-2)18(25)24-9-7-13(11-24)28-16-10-12(6-8-23-16)19(20,21)22/h3-6,8,10,13H,7,9,11H2,1-2H3/t13-/m1/s1. The van der Waals surface area contributed by atoms with Gasteiger partial charge in [-0.15, -0.1) is 0 Å². The van der Waals surface area contributed by atoms with Crippen LogP contribution in [0.4, 0.5) is 13.2 Å². The number of hydrogen-bond acceptors (Lipinski definition) is 5. The van der Waals surface area contributed by atoms with Gasteiger partial charge in [0.05, 0.1) is 31.9 Å². The summed E-state index contributed by atoms with van der Waals surface area (Å²) < 4.78 is 54.5. The molecule has 0 saturated carbocycles. The summed E-state index contributed by atoms with van der Waals surface area (Å²) in [6, 6.07) is 6.74. The smallest absolute Gasteiger partial charge is 0.416 e. The van der Waals surface area contributed by atoms with E-state index in [1.165, 1.54) is 14.2 Å². The number of alkyl halides is 3. The molecule has 1 aliphatic rings. The molecule has 2 aromatic rings. The zero-order chi connectivity index (χ0) is 20.3. The highest BCUT2D eigenvalue weighted by atomic mass is 19.4. The molecule has 6 nitrogen and oxygen atoms in total. The minimum Gasteiger partial charge on any atom is -0.493 e. The molecule has 0 unspecified atom stereocenters. The van der Waals surface area contributed by atoms with E-state index in [1.807, 2.05) is 0 Å². The van der Waals surface area contributed by atoms with E-state index in [4.69, 9.17) is 14.2 Å². The van der Waals surface area contributed by atoms with Gasteiger partial charge in [0.1, 0.15) is 6.10 Å². The topological polar surface area (TPSA) is 60.9 Å². The number of hydrogen-bond donors (Lipinski definition) is 0. The van der Waals surface area contributed by atoms with Crippen molar-refractivity contribution < 1.29 is 32.2 Å². The fraction of sp³-hybridized carbons (Fsp3) is 0.368. The molecule has 0 radical (unpaired) electrons. The summed E-state index contributed by atoms with van der Waals surface area (Å²) in [6.45, 7) is 0.639. The SMILES string of the molecule is COc1cccc(C(=O)N2CC[C@@H](Oc3cc(C(F)(F)F)ccn3)C2)c1OC. The van der Waals surface area contributed by atoms with Crippen molar-refractivity contribution in [2.75, 3.05) is 27.3 Å². The number of ether oxygens (including phenoxy) is 3. The number of para-hydroxylation sites is 1. The molecule has 1 fully saturated rings. The van der Waals surface area contributed by atoms with E-state index in [2.05, 4.69) is 4.98 Å². The van der Waals surface area contributed by atoms with Crippen molar-refractivity contribution in [1.29, 1.82) is 0 Å². The van der Waals surface area contributed by atoms with E-state index in [0.29, 0.717) is 30.0 Å². The van der Waals surface area contributed by atoms with Gasteiger partial charge in [0.2, 0.25) is 5.88 Å². The van der Waals surface area contributed by atoms with Gasteiger partial charge in [-0.25, -0.2) is 4.98 Å². The Balaban J connectivity index is 1.70. The number of benzene rings is 1. The molecule has 1 atom stereocenters. The highest BCUT2D eigenvalue weighted by Crippen LogP contribution is 2.33. The Labute approximate surface area is 159 Å². The summed E-state index contributed by atoms with van der Waals surface area (Å²) in [5.74, 6) is 0.388. The molecule has 1 amide bonds. The second kappa shape index (κ2) is 7.95. The molecule has 2 heterocycles. The van der Waals surface area contributed by atoms with Crippen molar-refractivity contribution in [3.63, 3.8) is 0 Å². The lowest BCUT2D eigenvalue weighted by molar-refractivity contribution is -0.137. The average Bonchev–Trinajstić information content (AvgIpc) is 3.14. The van der Waals surface area contributed by atoms with E-state index in [0.717, 1.165) is 18.3 Å². The van der Waals surface area contributed by atoms with Crippen molar-refractivity contribution in [1.82, 2.24) is 9.88 Å². The first kappa shape index (κ1) is 19.8. The number of carbonyl (C=O) groups is 1. The maximum atomic E-state index is 12.8. The number of likely N-dealkylation sites (tertiary alicyclic amines) is 1. The first-order chi connectivity index (χ1) is 13.3. The Morgan fingerprint density at radius 1 is 1.21 bits per heavy atom. The summed E-state index contributed by atoms with van der Waals surface area (Å²) in [6.07, 6.45) is -3.38. The van der Waals surface area contributed by atoms with E-state index in [9.17, 15) is 18.0 Å². The maximum Gasteiger partial charge on any atom is 0.416 e. The zero-order valence-electron chi connectivity index (χ0n) is 15.3. The summed E-state index contributed by atoms with van der Waals surface area (Å²) >= 11 is 0. The quantitative estimate of drug-likeness (QED) is 0.775. The molecule has 1 aliphatic heterocycles. The second-order valence-electron chi connectivity index (χ2n) is 6.20. The van der Waals surface area contributed by atoms with Crippen molar-refractivity contribution in [2.45, 2.75) is 18.7 Å². The van der Waals surface area contributed by atoms with E-state index in [-0.39, 0.29) is 18.3 Å². The Hall–Kier alpha value is -2.97. The normalized spacial score (nSPS) is 16.8. The molecular weight excluding hydrogens is 377 g/mol. The van der Waals surface area contributed by atoms with Crippen LogP contribution in [0.15, 0.2) is 36.5 Å². The molecule has 9 heteroatoms. The van der Waals surface area contributed by atoms with Crippen LogP contribution in [0.25, 0.3) is 0 Å². The van der Waals surface area contributed by atoms with Crippen LogP contribution in [0.3, 0.4) is 0 Å². The van der Waals surface area contributed by atoms with Gasteiger partial charge in [-0.1, -0.05) is 6.07 Å². The number of methoxy groups -OCH3 is 2. The number of aromatic nitrogens is 1. The molecule has 1 saturated heterocycles. The fourth-order valence-corrected chi connectivity index (χ4v) is 3.06. The van der Waals surface area contributed by atoms with Gasteiger partial charge < -0.3 is 19.1 Å². The van der Waals surface area contributed by atoms with Crippen LogP contribution in [-0.4, -0.2) is 49.2 Å². The van der Waals surface area contributed by atoms with E-state index >= 15 is 0 Å². The Morgan fingerprint density at radius 3 is 2.68 bits per heavy atom. The fourth-order valence-electron chi connectivity index (χ4n) is 3.06. The molecule has 1 aromatic heterocycles. The summed E-state index contributed by atoms with van der Waals surface area (Å²) in [7, 11) is 2.93. The molecule has 3 rings (SSSR count). The van der Waals surface area contributed by atoms with Crippen LogP contribution < -0.4 is 14.2 Å². The number of halogens is 3. The summed E-state index contributed by atoms with van der Waals surface area (Å²) in [4.78, 5) is 18.2. The van der Waals surface area contributed by atoms with E-state index in [1.54, 1.807) is 23.1 Å². The Kier molecular flexibility index (Phi) is 5.62. The second-order valence-corrected chi connectivity index (χ2v) is 6.20. The lowest BCUT2D eigenvalue weighted by Gasteiger charge is -2.19. The van der Waals surface area contributed by atoms with Crippen molar-refractivity contribution in [3.8, 4) is 17.4 Å². The molecule has 0 spiro atoms. The van der Waals surface area contributed by atoms with Gasteiger partial charge in [0, 0.05) is 25.2 Å². The number of pyridine rings is 1. The maximum absolute atomic E-state index is 12.8. The van der Waals surface area contributed by atoms with Gasteiger partial charge in [-0.2, -0.15) is 13.2 Å². The predicted octanol–water partition coefficient (Wildman–Crippen LogP) is 3.41. The minimum atomic E-state index is -4.47. The van der Waals surface area contributed by atoms with Gasteiger partial charge in [0.15, 0.2) is 11.5 Å². The lowest BCUT2D eigenvalue weighted by atomic mass is 10.1. The van der Waals surface area contributed by atoms with E-state index < -0.39 is 17.8 Å². The predicted molar refractivity (Wildman–Crippen MR) is 93.7 cm³/mol. The molecule has 28 heavy (non-hydrogen) atoms. The van der Waals surface area contributed by atoms with Crippen molar-refractivity contribution in [3.05, 3.63) is 47.7 Å². The first-order valence-corrected chi connectivity index (χ1v) is 8.53. The van der Waals surface area contributed by atoms with Crippen LogP contribution >= 0.6 is 0 Å². The molecule has 0 N–H and O–H groups in total. The Bertz CT molecular complexity index is 857. The molecule has 150 valence electrons. The third-order valence-electron chi connectivity index (χ3n) is 4.42. The third-order valence-corrected chi connectivity index (χ3v) is 4.42. The largest absolute Gasteiger partial charge is 0.493 e. The third kappa shape index (κ3) is 4.13. The lowest BCUT2D eigenvalue weighted by Crippen LogP contribution is -2.31. The highest BCUT2D eigenvalue weighted by molar-refractivity contribution is 5.98. The van der Waals surface area contributed by atoms with Crippen molar-refractivity contribution in [2.24, 2.45) is 0 Å². The Morgan fingerprint density at radius 2 is 2.00 bits per heavy atom. The monoisotopic (exact) mass is 396 g/mol. The van der Waals surface area contributed by atoms with Gasteiger partial charge in [-0.05, 0) is 18.2 Å². The molecule has 1 aromatic carbocycles. The molecule has 0 bridgehead atoms. The minimum absolute atomic E-state index is 0.118. The molecular formula is C19H19F3N2O4. The highest BCUT2D eigenvalue weighted by Gasteiger charge is 2.33. The van der Waals surface area contributed by atoms with Gasteiger partial charge >= 0.3 is 6.18 Å². The van der Waals surface area contributed by atoms with Crippen molar-refractivity contribution >= 4 is 5.91 Å². The van der Waals surface area contributed by atoms with Crippen LogP contribution in [-0.2, 0) is 6.18 Å². The van der Waals surface area contributed by atoms with Gasteiger partial charge in [0.25, 0.3) is 5.91 Å². The summed E-state index contributed by atoms with van der Waals surface area (Å²) in [5.41, 5.74) is -0.482. The number of amides is 1. The van der Waals surface area contributed by atoms with Gasteiger partial charge in [-0.3, -0.25) is 4.79 Å².